The first-order chi connectivity index (χ1) is 25.8. The van der Waals surface area contributed by atoms with Crippen LogP contribution in [0, 0.1) is 0 Å². The molecule has 0 fully saturated rings. The Morgan fingerprint density at radius 1 is 0.385 bits per heavy atom. The second-order valence-electron chi connectivity index (χ2n) is 13.7. The molecule has 52 heavy (non-hydrogen) atoms. The summed E-state index contributed by atoms with van der Waals surface area (Å²) in [7, 11) is 0. The molecule has 3 nitrogen and oxygen atoms in total. The molecule has 242 valence electrons. The molecule has 0 saturated carbocycles. The monoisotopic (exact) mass is 680 g/mol. The largest absolute Gasteiger partial charge is 0.455 e. The van der Waals surface area contributed by atoms with Crippen LogP contribution in [0.25, 0.3) is 108 Å². The molecule has 0 bridgehead atoms. The third-order valence-corrected chi connectivity index (χ3v) is 12.1. The Morgan fingerprint density at radius 2 is 0.923 bits per heavy atom. The number of rotatable bonds is 3. The standard InChI is InChI=1S/C48H28N2OS/c1-3-11-31(12-4-1)49-39-23-19-29(27-37(39)45-41(49)25-21-35-33-15-7-9-17-43(33)51-47(35)45)30-20-24-40-38(28-30)46-42(50(40)32-13-5-2-6-14-32)26-22-36-34-16-8-10-18-44(34)52-48(36)46/h1-28H. The van der Waals surface area contributed by atoms with Crippen molar-refractivity contribution in [3.63, 3.8) is 0 Å². The van der Waals surface area contributed by atoms with Gasteiger partial charge in [-0.3, -0.25) is 0 Å². The van der Waals surface area contributed by atoms with E-state index in [2.05, 4.69) is 173 Å². The Labute approximate surface area is 301 Å². The average molecular weight is 681 g/mol. The highest BCUT2D eigenvalue weighted by Gasteiger charge is 2.21. The Balaban J connectivity index is 1.17. The van der Waals surface area contributed by atoms with Gasteiger partial charge in [0.15, 0.2) is 0 Å². The number of furan rings is 1. The molecule has 0 atom stereocenters. The quantitative estimate of drug-likeness (QED) is 0.182. The molecular weight excluding hydrogens is 653 g/mol. The van der Waals surface area contributed by atoms with Crippen molar-refractivity contribution in [2.75, 3.05) is 0 Å². The lowest BCUT2D eigenvalue weighted by Gasteiger charge is -2.09. The SMILES string of the molecule is c1ccc(-n2c3ccc(-c4ccc5c(c4)c4c6sc7ccccc7c6ccc4n5-c4ccccc4)cc3c3c4oc5ccccc5c4ccc32)cc1. The van der Waals surface area contributed by atoms with E-state index in [1.165, 1.54) is 64.2 Å². The van der Waals surface area contributed by atoms with Crippen LogP contribution < -0.4 is 0 Å². The van der Waals surface area contributed by atoms with E-state index in [1.54, 1.807) is 0 Å². The molecule has 0 aliphatic carbocycles. The number of benzene rings is 8. The summed E-state index contributed by atoms with van der Waals surface area (Å²) in [6.07, 6.45) is 0. The first kappa shape index (κ1) is 28.1. The van der Waals surface area contributed by atoms with Gasteiger partial charge in [0.25, 0.3) is 0 Å². The van der Waals surface area contributed by atoms with Crippen LogP contribution in [0.15, 0.2) is 174 Å². The third-order valence-electron chi connectivity index (χ3n) is 10.9. The molecule has 4 heteroatoms. The molecule has 0 N–H and O–H groups in total. The highest BCUT2D eigenvalue weighted by atomic mass is 32.1. The molecule has 0 aliphatic heterocycles. The van der Waals surface area contributed by atoms with Crippen LogP contribution in [-0.4, -0.2) is 9.13 Å². The van der Waals surface area contributed by atoms with Gasteiger partial charge in [0.2, 0.25) is 0 Å². The van der Waals surface area contributed by atoms with Crippen LogP contribution in [0.2, 0.25) is 0 Å². The van der Waals surface area contributed by atoms with Crippen molar-refractivity contribution in [3.05, 3.63) is 170 Å². The van der Waals surface area contributed by atoms with Gasteiger partial charge in [-0.25, -0.2) is 0 Å². The van der Waals surface area contributed by atoms with Crippen LogP contribution in [0.4, 0.5) is 0 Å². The first-order valence-electron chi connectivity index (χ1n) is 17.7. The third kappa shape index (κ3) is 3.79. The predicted octanol–water partition coefficient (Wildman–Crippen LogP) is 13.8. The summed E-state index contributed by atoms with van der Waals surface area (Å²) >= 11 is 1.90. The average Bonchev–Trinajstić information content (AvgIpc) is 3.95. The van der Waals surface area contributed by atoms with E-state index in [4.69, 9.17) is 4.42 Å². The number of nitrogens with zero attached hydrogens (tertiary/aromatic N) is 2. The zero-order valence-corrected chi connectivity index (χ0v) is 28.7. The van der Waals surface area contributed by atoms with Crippen molar-refractivity contribution in [2.45, 2.75) is 0 Å². The molecule has 0 unspecified atom stereocenters. The van der Waals surface area contributed by atoms with Gasteiger partial charge in [-0.1, -0.05) is 91.0 Å². The fourth-order valence-electron chi connectivity index (χ4n) is 8.64. The molecule has 4 heterocycles. The minimum Gasteiger partial charge on any atom is -0.455 e. The molecule has 0 radical (unpaired) electrons. The minimum atomic E-state index is 0.912. The summed E-state index contributed by atoms with van der Waals surface area (Å²) in [4.78, 5) is 0. The van der Waals surface area contributed by atoms with Gasteiger partial charge in [-0.05, 0) is 90.0 Å². The molecule has 0 aliphatic rings. The van der Waals surface area contributed by atoms with Crippen LogP contribution in [0.5, 0.6) is 0 Å². The summed E-state index contributed by atoms with van der Waals surface area (Å²) in [5.74, 6) is 0. The lowest BCUT2D eigenvalue weighted by atomic mass is 9.99. The lowest BCUT2D eigenvalue weighted by Crippen LogP contribution is -1.93. The van der Waals surface area contributed by atoms with Crippen LogP contribution >= 0.6 is 11.3 Å². The number of aromatic nitrogens is 2. The van der Waals surface area contributed by atoms with Crippen molar-refractivity contribution in [2.24, 2.45) is 0 Å². The van der Waals surface area contributed by atoms with E-state index in [9.17, 15) is 0 Å². The number of hydrogen-bond donors (Lipinski definition) is 0. The summed E-state index contributed by atoms with van der Waals surface area (Å²) in [5, 5.41) is 9.81. The highest BCUT2D eigenvalue weighted by molar-refractivity contribution is 7.26. The first-order valence-corrected chi connectivity index (χ1v) is 18.5. The smallest absolute Gasteiger partial charge is 0.145 e. The van der Waals surface area contributed by atoms with Crippen molar-refractivity contribution >= 4 is 97.1 Å². The van der Waals surface area contributed by atoms with E-state index in [0.29, 0.717) is 0 Å². The zero-order valence-electron chi connectivity index (χ0n) is 27.9. The fourth-order valence-corrected chi connectivity index (χ4v) is 9.90. The topological polar surface area (TPSA) is 23.0 Å². The predicted molar refractivity (Wildman–Crippen MR) is 221 cm³/mol. The summed E-state index contributed by atoms with van der Waals surface area (Å²) in [6, 6.07) is 61.6. The maximum atomic E-state index is 6.67. The molecule has 4 aromatic heterocycles. The number of thiophene rings is 1. The number of hydrogen-bond acceptors (Lipinski definition) is 2. The normalized spacial score (nSPS) is 12.2. The van der Waals surface area contributed by atoms with Crippen LogP contribution in [-0.2, 0) is 0 Å². The van der Waals surface area contributed by atoms with Gasteiger partial charge in [-0.15, -0.1) is 11.3 Å². The minimum absolute atomic E-state index is 0.912. The molecule has 12 aromatic rings. The maximum absolute atomic E-state index is 6.67. The molecule has 0 spiro atoms. The molecular formula is C48H28N2OS. The molecule has 8 aromatic carbocycles. The fraction of sp³-hybridized carbons (Fsp3) is 0. The van der Waals surface area contributed by atoms with Gasteiger partial charge < -0.3 is 13.6 Å². The van der Waals surface area contributed by atoms with Gasteiger partial charge in [0.05, 0.1) is 27.5 Å². The Bertz CT molecular complexity index is 3170. The van der Waals surface area contributed by atoms with Crippen molar-refractivity contribution in [1.82, 2.24) is 9.13 Å². The van der Waals surface area contributed by atoms with E-state index in [-0.39, 0.29) is 0 Å². The van der Waals surface area contributed by atoms with Gasteiger partial charge in [0, 0.05) is 58.5 Å². The van der Waals surface area contributed by atoms with Crippen molar-refractivity contribution < 1.29 is 4.42 Å². The van der Waals surface area contributed by atoms with Crippen molar-refractivity contribution in [1.29, 1.82) is 0 Å². The Kier molecular flexibility index (Phi) is 5.65. The van der Waals surface area contributed by atoms with Crippen LogP contribution in [0.3, 0.4) is 0 Å². The summed E-state index contributed by atoms with van der Waals surface area (Å²) < 4.78 is 14.1. The van der Waals surface area contributed by atoms with Gasteiger partial charge in [0.1, 0.15) is 11.2 Å². The molecule has 12 rings (SSSR count). The Hall–Kier alpha value is -6.62. The Morgan fingerprint density at radius 3 is 1.62 bits per heavy atom. The zero-order chi connectivity index (χ0) is 33.9. The van der Waals surface area contributed by atoms with Gasteiger partial charge >= 0.3 is 0 Å². The second kappa shape index (κ2) is 10.5. The molecule has 0 amide bonds. The van der Waals surface area contributed by atoms with Crippen molar-refractivity contribution in [3.8, 4) is 22.5 Å². The highest BCUT2D eigenvalue weighted by Crippen LogP contribution is 2.45. The van der Waals surface area contributed by atoms with Gasteiger partial charge in [-0.2, -0.15) is 0 Å². The molecule has 0 saturated heterocycles. The van der Waals surface area contributed by atoms with E-state index >= 15 is 0 Å². The number of para-hydroxylation sites is 3. The number of fused-ring (bicyclic) bond motifs is 14. The lowest BCUT2D eigenvalue weighted by molar-refractivity contribution is 0.673. The van der Waals surface area contributed by atoms with E-state index < -0.39 is 0 Å². The summed E-state index contributed by atoms with van der Waals surface area (Å²) in [5.41, 5.74) is 11.3. The van der Waals surface area contributed by atoms with E-state index in [0.717, 1.165) is 44.0 Å². The second-order valence-corrected chi connectivity index (χ2v) is 14.7. The maximum Gasteiger partial charge on any atom is 0.145 e. The van der Waals surface area contributed by atoms with E-state index in [1.807, 2.05) is 17.4 Å². The summed E-state index contributed by atoms with van der Waals surface area (Å²) in [6.45, 7) is 0. The van der Waals surface area contributed by atoms with Crippen LogP contribution in [0.1, 0.15) is 0 Å².